The summed E-state index contributed by atoms with van der Waals surface area (Å²) in [5.41, 5.74) is 1.44. The van der Waals surface area contributed by atoms with Crippen LogP contribution in [-0.4, -0.2) is 42.0 Å². The molecule has 1 amide bonds. The molecule has 26 heavy (non-hydrogen) atoms. The maximum atomic E-state index is 12.7. The van der Waals surface area contributed by atoms with Crippen LogP contribution in [0, 0.1) is 0 Å². The lowest BCUT2D eigenvalue weighted by atomic mass is 9.95. The Morgan fingerprint density at radius 1 is 1.04 bits per heavy atom. The zero-order chi connectivity index (χ0) is 18.5. The molecule has 0 spiro atoms. The van der Waals surface area contributed by atoms with Gasteiger partial charge in [-0.2, -0.15) is 0 Å². The van der Waals surface area contributed by atoms with Crippen molar-refractivity contribution in [3.63, 3.8) is 0 Å². The molecule has 1 N–H and O–H groups in total. The highest BCUT2D eigenvalue weighted by molar-refractivity contribution is 6.46. The zero-order valence-electron chi connectivity index (χ0n) is 14.6. The number of ketones is 1. The fraction of sp³-hybridized carbons (Fsp3) is 0.238. The quantitative estimate of drug-likeness (QED) is 0.376. The number of carbonyl (C=O) groups excluding carboxylic acids is 2. The lowest BCUT2D eigenvalue weighted by Gasteiger charge is -2.25. The van der Waals surface area contributed by atoms with Crippen LogP contribution in [-0.2, 0) is 14.3 Å². The zero-order valence-corrected chi connectivity index (χ0v) is 14.6. The number of carbonyl (C=O) groups is 2. The first-order valence-corrected chi connectivity index (χ1v) is 8.53. The van der Waals surface area contributed by atoms with Crippen LogP contribution in [0.1, 0.15) is 23.6 Å². The fourth-order valence-electron chi connectivity index (χ4n) is 3.22. The number of methoxy groups -OCH3 is 1. The molecule has 2 aromatic carbocycles. The lowest BCUT2D eigenvalue weighted by molar-refractivity contribution is -0.140. The molecule has 1 atom stereocenters. The summed E-state index contributed by atoms with van der Waals surface area (Å²) < 4.78 is 5.06. The third-order valence-electron chi connectivity index (χ3n) is 4.45. The molecule has 1 fully saturated rings. The standard InChI is InChI=1S/C21H21NO4/c1-26-14-8-13-22-18(15-9-4-2-5-10-15)17(20(24)21(22)25)19(23)16-11-6-3-7-12-16/h2-7,9-12,18,23H,8,13-14H2,1H3/b19-17+/t18-/m0/s1. The average Bonchev–Trinajstić information content (AvgIpc) is 2.94. The number of Topliss-reactive ketones (excluding diaryl/α,β-unsaturated/α-hetero) is 1. The molecular weight excluding hydrogens is 330 g/mol. The number of likely N-dealkylation sites (tertiary alicyclic amines) is 1. The number of benzene rings is 2. The summed E-state index contributed by atoms with van der Waals surface area (Å²) in [5.74, 6) is -1.39. The maximum Gasteiger partial charge on any atom is 0.295 e. The fourth-order valence-corrected chi connectivity index (χ4v) is 3.22. The number of aliphatic hydroxyl groups is 1. The summed E-state index contributed by atoms with van der Waals surface area (Å²) in [4.78, 5) is 26.8. The van der Waals surface area contributed by atoms with Crippen LogP contribution in [0.2, 0.25) is 0 Å². The van der Waals surface area contributed by atoms with Crippen LogP contribution in [0.5, 0.6) is 0 Å². The van der Waals surface area contributed by atoms with Gasteiger partial charge in [-0.1, -0.05) is 60.7 Å². The van der Waals surface area contributed by atoms with Crippen LogP contribution in [0.4, 0.5) is 0 Å². The summed E-state index contributed by atoms with van der Waals surface area (Å²) in [5, 5.41) is 10.8. The van der Waals surface area contributed by atoms with Gasteiger partial charge in [0.25, 0.3) is 11.7 Å². The minimum absolute atomic E-state index is 0.129. The molecule has 1 heterocycles. The van der Waals surface area contributed by atoms with Gasteiger partial charge in [-0.3, -0.25) is 9.59 Å². The normalized spacial score (nSPS) is 19.1. The smallest absolute Gasteiger partial charge is 0.295 e. The summed E-state index contributed by atoms with van der Waals surface area (Å²) in [7, 11) is 1.60. The molecule has 5 nitrogen and oxygen atoms in total. The highest BCUT2D eigenvalue weighted by Crippen LogP contribution is 2.39. The second-order valence-electron chi connectivity index (χ2n) is 6.12. The summed E-state index contributed by atoms with van der Waals surface area (Å²) in [6.07, 6.45) is 0.609. The van der Waals surface area contributed by atoms with E-state index in [1.807, 2.05) is 36.4 Å². The highest BCUT2D eigenvalue weighted by Gasteiger charge is 2.45. The van der Waals surface area contributed by atoms with E-state index in [2.05, 4.69) is 0 Å². The van der Waals surface area contributed by atoms with E-state index in [1.165, 1.54) is 4.90 Å². The van der Waals surface area contributed by atoms with Crippen molar-refractivity contribution < 1.29 is 19.4 Å². The van der Waals surface area contributed by atoms with Gasteiger partial charge in [0.2, 0.25) is 0 Å². The predicted molar refractivity (Wildman–Crippen MR) is 98.4 cm³/mol. The van der Waals surface area contributed by atoms with Crippen molar-refractivity contribution in [2.45, 2.75) is 12.5 Å². The molecule has 1 aliphatic heterocycles. The van der Waals surface area contributed by atoms with Gasteiger partial charge in [-0.15, -0.1) is 0 Å². The van der Waals surface area contributed by atoms with E-state index in [9.17, 15) is 14.7 Å². The molecular formula is C21H21NO4. The van der Waals surface area contributed by atoms with Crippen molar-refractivity contribution in [2.75, 3.05) is 20.3 Å². The molecule has 5 heteroatoms. The molecule has 0 radical (unpaired) electrons. The summed E-state index contributed by atoms with van der Waals surface area (Å²) in [6, 6.07) is 17.5. The molecule has 2 aromatic rings. The topological polar surface area (TPSA) is 66.8 Å². The molecule has 1 aliphatic rings. The third kappa shape index (κ3) is 3.39. The molecule has 1 saturated heterocycles. The van der Waals surface area contributed by atoms with E-state index in [0.29, 0.717) is 25.1 Å². The SMILES string of the molecule is COCCCN1C(=O)C(=O)/C(=C(/O)c2ccccc2)[C@@H]1c1ccccc1. The van der Waals surface area contributed by atoms with E-state index >= 15 is 0 Å². The van der Waals surface area contributed by atoms with Gasteiger partial charge in [-0.05, 0) is 12.0 Å². The Morgan fingerprint density at radius 3 is 2.27 bits per heavy atom. The first kappa shape index (κ1) is 17.9. The number of amides is 1. The Balaban J connectivity index is 2.09. The Morgan fingerprint density at radius 2 is 1.65 bits per heavy atom. The largest absolute Gasteiger partial charge is 0.507 e. The van der Waals surface area contributed by atoms with Crippen molar-refractivity contribution >= 4 is 17.4 Å². The van der Waals surface area contributed by atoms with E-state index < -0.39 is 17.7 Å². The molecule has 0 bridgehead atoms. The molecule has 0 unspecified atom stereocenters. The minimum atomic E-state index is -0.655. The van der Waals surface area contributed by atoms with Gasteiger partial charge in [0.1, 0.15) is 5.76 Å². The van der Waals surface area contributed by atoms with Gasteiger partial charge in [0.05, 0.1) is 11.6 Å². The van der Waals surface area contributed by atoms with Crippen LogP contribution in [0.3, 0.4) is 0 Å². The number of aliphatic hydroxyl groups excluding tert-OH is 1. The molecule has 0 saturated carbocycles. The average molecular weight is 351 g/mol. The van der Waals surface area contributed by atoms with Gasteiger partial charge in [0.15, 0.2) is 0 Å². The molecule has 0 aliphatic carbocycles. The Kier molecular flexibility index (Phi) is 5.49. The van der Waals surface area contributed by atoms with Crippen molar-refractivity contribution in [1.29, 1.82) is 0 Å². The number of hydrogen-bond donors (Lipinski definition) is 1. The Bertz CT molecular complexity index is 814. The van der Waals surface area contributed by atoms with E-state index in [-0.39, 0.29) is 11.3 Å². The van der Waals surface area contributed by atoms with Crippen LogP contribution in [0.25, 0.3) is 5.76 Å². The van der Waals surface area contributed by atoms with Crippen LogP contribution >= 0.6 is 0 Å². The van der Waals surface area contributed by atoms with Gasteiger partial charge in [0, 0.05) is 25.8 Å². The summed E-state index contributed by atoms with van der Waals surface area (Å²) in [6.45, 7) is 0.868. The lowest BCUT2D eigenvalue weighted by Crippen LogP contribution is -2.31. The van der Waals surface area contributed by atoms with Crippen molar-refractivity contribution in [3.8, 4) is 0 Å². The van der Waals surface area contributed by atoms with E-state index in [1.54, 1.807) is 31.4 Å². The monoisotopic (exact) mass is 351 g/mol. The van der Waals surface area contributed by atoms with Crippen LogP contribution < -0.4 is 0 Å². The van der Waals surface area contributed by atoms with E-state index in [0.717, 1.165) is 5.56 Å². The van der Waals surface area contributed by atoms with Gasteiger partial charge < -0.3 is 14.7 Å². The maximum absolute atomic E-state index is 12.7. The first-order chi connectivity index (χ1) is 12.6. The number of rotatable bonds is 6. The van der Waals surface area contributed by atoms with Gasteiger partial charge >= 0.3 is 0 Å². The Labute approximate surface area is 152 Å². The number of hydrogen-bond acceptors (Lipinski definition) is 4. The van der Waals surface area contributed by atoms with Gasteiger partial charge in [-0.25, -0.2) is 0 Å². The predicted octanol–water partition coefficient (Wildman–Crippen LogP) is 3.14. The molecule has 134 valence electrons. The second kappa shape index (κ2) is 7.97. The van der Waals surface area contributed by atoms with Crippen molar-refractivity contribution in [2.24, 2.45) is 0 Å². The Hall–Kier alpha value is -2.92. The third-order valence-corrected chi connectivity index (χ3v) is 4.45. The number of nitrogens with zero attached hydrogens (tertiary/aromatic N) is 1. The molecule has 0 aromatic heterocycles. The molecule has 3 rings (SSSR count). The van der Waals surface area contributed by atoms with Crippen molar-refractivity contribution in [3.05, 3.63) is 77.4 Å². The minimum Gasteiger partial charge on any atom is -0.507 e. The second-order valence-corrected chi connectivity index (χ2v) is 6.12. The van der Waals surface area contributed by atoms with Crippen LogP contribution in [0.15, 0.2) is 66.2 Å². The number of ether oxygens (including phenoxy) is 1. The summed E-state index contributed by atoms with van der Waals surface area (Å²) >= 11 is 0. The van der Waals surface area contributed by atoms with E-state index in [4.69, 9.17) is 4.74 Å². The van der Waals surface area contributed by atoms with Crippen molar-refractivity contribution in [1.82, 2.24) is 4.90 Å². The first-order valence-electron chi connectivity index (χ1n) is 8.53. The highest BCUT2D eigenvalue weighted by atomic mass is 16.5.